The third-order valence-electron chi connectivity index (χ3n) is 4.76. The highest BCUT2D eigenvalue weighted by Gasteiger charge is 2.29. The van der Waals surface area contributed by atoms with E-state index in [0.29, 0.717) is 5.75 Å². The molecule has 3 aromatic rings. The van der Waals surface area contributed by atoms with E-state index in [1.807, 2.05) is 6.07 Å². The minimum Gasteiger partial charge on any atom is -0.457 e. The number of hydrogen-bond acceptors (Lipinski definition) is 7. The van der Waals surface area contributed by atoms with Crippen LogP contribution in [0.1, 0.15) is 40.4 Å². The molecule has 1 atom stereocenters. The molecule has 1 amide bonds. The van der Waals surface area contributed by atoms with E-state index < -0.39 is 23.7 Å². The number of para-hydroxylation sites is 1. The van der Waals surface area contributed by atoms with Crippen LogP contribution in [0.3, 0.4) is 0 Å². The van der Waals surface area contributed by atoms with E-state index in [9.17, 15) is 14.4 Å². The molecule has 0 bridgehead atoms. The van der Waals surface area contributed by atoms with Crippen molar-refractivity contribution >= 4 is 23.0 Å². The molecule has 0 radical (unpaired) electrons. The Balaban J connectivity index is 1.82. The summed E-state index contributed by atoms with van der Waals surface area (Å²) >= 11 is 0. The first-order valence-corrected chi connectivity index (χ1v) is 11.0. The van der Waals surface area contributed by atoms with Gasteiger partial charge in [-0.05, 0) is 57.9 Å². The Morgan fingerprint density at radius 1 is 1.00 bits per heavy atom. The first kappa shape index (κ1) is 24.8. The molecule has 8 heteroatoms. The number of esters is 1. The van der Waals surface area contributed by atoms with Crippen LogP contribution < -0.4 is 20.2 Å². The number of amides is 1. The van der Waals surface area contributed by atoms with Crippen molar-refractivity contribution in [1.29, 1.82) is 0 Å². The number of benzene rings is 2. The number of rotatable bonds is 6. The maximum atomic E-state index is 13.0. The van der Waals surface area contributed by atoms with Gasteiger partial charge in [0.2, 0.25) is 11.2 Å². The second-order valence-corrected chi connectivity index (χ2v) is 9.18. The summed E-state index contributed by atoms with van der Waals surface area (Å²) in [6.45, 7) is 10.4. The number of carbonyl (C=O) groups is 2. The molecule has 0 saturated carbocycles. The zero-order chi connectivity index (χ0) is 25.0. The average molecular weight is 468 g/mol. The van der Waals surface area contributed by atoms with E-state index in [2.05, 4.69) is 5.32 Å². The summed E-state index contributed by atoms with van der Waals surface area (Å²) in [5.41, 5.74) is -0.798. The van der Waals surface area contributed by atoms with Gasteiger partial charge in [0, 0.05) is 6.07 Å². The predicted molar refractivity (Wildman–Crippen MR) is 127 cm³/mol. The van der Waals surface area contributed by atoms with Crippen LogP contribution >= 0.6 is 0 Å². The third kappa shape index (κ3) is 6.15. The van der Waals surface area contributed by atoms with Crippen LogP contribution in [0.25, 0.3) is 11.0 Å². The van der Waals surface area contributed by atoms with Gasteiger partial charge in [0.05, 0.1) is 5.39 Å². The summed E-state index contributed by atoms with van der Waals surface area (Å²) in [6, 6.07) is 12.4. The molecule has 2 aromatic carbocycles. The Bertz CT molecular complexity index is 1240. The summed E-state index contributed by atoms with van der Waals surface area (Å²) < 4.78 is 22.2. The van der Waals surface area contributed by atoms with Crippen LogP contribution in [0.4, 0.5) is 4.79 Å². The van der Waals surface area contributed by atoms with Gasteiger partial charge in [-0.3, -0.25) is 4.79 Å². The van der Waals surface area contributed by atoms with Crippen molar-refractivity contribution in [3.05, 3.63) is 64.5 Å². The zero-order valence-electron chi connectivity index (χ0n) is 20.1. The lowest BCUT2D eigenvalue weighted by Crippen LogP contribution is -2.48. The van der Waals surface area contributed by atoms with Gasteiger partial charge in [-0.1, -0.05) is 32.0 Å². The highest BCUT2D eigenvalue weighted by molar-refractivity contribution is 5.85. The van der Waals surface area contributed by atoms with Crippen molar-refractivity contribution < 1.29 is 28.2 Å². The maximum absolute atomic E-state index is 13.0. The van der Waals surface area contributed by atoms with Crippen molar-refractivity contribution in [1.82, 2.24) is 5.32 Å². The Hall–Kier alpha value is -3.81. The Morgan fingerprint density at radius 2 is 1.68 bits per heavy atom. The topological polar surface area (TPSA) is 104 Å². The first-order chi connectivity index (χ1) is 15.9. The molecular weight excluding hydrogens is 438 g/mol. The van der Waals surface area contributed by atoms with E-state index in [4.69, 9.17) is 18.6 Å². The molecule has 0 fully saturated rings. The van der Waals surface area contributed by atoms with Gasteiger partial charge < -0.3 is 23.9 Å². The largest absolute Gasteiger partial charge is 0.457 e. The molecule has 0 aliphatic heterocycles. The minimum absolute atomic E-state index is 0.0878. The van der Waals surface area contributed by atoms with Crippen LogP contribution in [0, 0.1) is 12.8 Å². The smallest absolute Gasteiger partial charge is 0.408 e. The van der Waals surface area contributed by atoms with E-state index in [1.54, 1.807) is 65.8 Å². The van der Waals surface area contributed by atoms with Crippen molar-refractivity contribution in [2.24, 2.45) is 5.92 Å². The molecular formula is C26H29NO7. The summed E-state index contributed by atoms with van der Waals surface area (Å²) in [5, 5.41) is 2.83. The summed E-state index contributed by atoms with van der Waals surface area (Å²) in [7, 11) is 0. The van der Waals surface area contributed by atoms with Gasteiger partial charge in [0.25, 0.3) is 0 Å². The van der Waals surface area contributed by atoms with E-state index in [-0.39, 0.29) is 39.6 Å². The molecule has 1 aromatic heterocycles. The molecule has 0 aliphatic rings. The van der Waals surface area contributed by atoms with Gasteiger partial charge in [-0.2, -0.15) is 0 Å². The molecule has 1 heterocycles. The fourth-order valence-electron chi connectivity index (χ4n) is 3.17. The lowest BCUT2D eigenvalue weighted by Gasteiger charge is -2.24. The SMILES string of the molecule is Cc1oc2cc(OC(=O)[C@@H](NC(=O)OC(C)(C)C)C(C)C)ccc2c(=O)c1Oc1ccccc1. The first-order valence-electron chi connectivity index (χ1n) is 11.0. The molecule has 0 saturated heterocycles. The minimum atomic E-state index is -0.930. The molecule has 34 heavy (non-hydrogen) atoms. The number of nitrogens with one attached hydrogen (secondary N) is 1. The van der Waals surface area contributed by atoms with Gasteiger partial charge >= 0.3 is 12.1 Å². The van der Waals surface area contributed by atoms with Gasteiger partial charge in [-0.25, -0.2) is 9.59 Å². The number of ether oxygens (including phenoxy) is 3. The molecule has 0 spiro atoms. The molecule has 8 nitrogen and oxygen atoms in total. The molecule has 0 unspecified atom stereocenters. The predicted octanol–water partition coefficient (Wildman–Crippen LogP) is 5.35. The second kappa shape index (κ2) is 9.99. The summed E-state index contributed by atoms with van der Waals surface area (Å²) in [6.07, 6.45) is -0.714. The Morgan fingerprint density at radius 3 is 2.29 bits per heavy atom. The van der Waals surface area contributed by atoms with E-state index >= 15 is 0 Å². The van der Waals surface area contributed by atoms with E-state index in [0.717, 1.165) is 0 Å². The van der Waals surface area contributed by atoms with Crippen molar-refractivity contribution in [3.63, 3.8) is 0 Å². The number of alkyl carbamates (subject to hydrolysis) is 1. The molecule has 0 aliphatic carbocycles. The van der Waals surface area contributed by atoms with Crippen LogP contribution in [0.5, 0.6) is 17.2 Å². The average Bonchev–Trinajstić information content (AvgIpc) is 2.74. The second-order valence-electron chi connectivity index (χ2n) is 9.18. The maximum Gasteiger partial charge on any atom is 0.408 e. The Kier molecular flexibility index (Phi) is 7.29. The van der Waals surface area contributed by atoms with Crippen LogP contribution in [-0.4, -0.2) is 23.7 Å². The normalized spacial score (nSPS) is 12.3. The van der Waals surface area contributed by atoms with Gasteiger partial charge in [-0.15, -0.1) is 0 Å². The number of fused-ring (bicyclic) bond motifs is 1. The standard InChI is InChI=1S/C26H29NO7/c1-15(2)21(27-25(30)34-26(4,5)6)24(29)33-18-12-13-19-20(14-18)31-16(3)23(22(19)28)32-17-10-8-7-9-11-17/h7-15,21H,1-6H3,(H,27,30)/t21-/m0/s1. The summed E-state index contributed by atoms with van der Waals surface area (Å²) in [4.78, 5) is 37.9. The highest BCUT2D eigenvalue weighted by Crippen LogP contribution is 2.27. The highest BCUT2D eigenvalue weighted by atomic mass is 16.6. The molecule has 1 N–H and O–H groups in total. The number of carbonyl (C=O) groups excluding carboxylic acids is 2. The molecule has 3 rings (SSSR count). The van der Waals surface area contributed by atoms with Crippen LogP contribution in [-0.2, 0) is 9.53 Å². The van der Waals surface area contributed by atoms with E-state index in [1.165, 1.54) is 18.2 Å². The lowest BCUT2D eigenvalue weighted by atomic mass is 10.1. The Labute approximate surface area is 197 Å². The van der Waals surface area contributed by atoms with Gasteiger partial charge in [0.15, 0.2) is 0 Å². The third-order valence-corrected chi connectivity index (χ3v) is 4.76. The lowest BCUT2D eigenvalue weighted by molar-refractivity contribution is -0.137. The fourth-order valence-corrected chi connectivity index (χ4v) is 3.17. The fraction of sp³-hybridized carbons (Fsp3) is 0.346. The van der Waals surface area contributed by atoms with Crippen LogP contribution in [0.2, 0.25) is 0 Å². The van der Waals surface area contributed by atoms with Crippen molar-refractivity contribution in [3.8, 4) is 17.2 Å². The van der Waals surface area contributed by atoms with Gasteiger partial charge in [0.1, 0.15) is 34.5 Å². The monoisotopic (exact) mass is 467 g/mol. The number of aryl methyl sites for hydroxylation is 1. The van der Waals surface area contributed by atoms with Crippen molar-refractivity contribution in [2.45, 2.75) is 53.2 Å². The van der Waals surface area contributed by atoms with Crippen molar-refractivity contribution in [2.75, 3.05) is 0 Å². The quantitative estimate of drug-likeness (QED) is 0.385. The zero-order valence-corrected chi connectivity index (χ0v) is 20.1. The molecule has 180 valence electrons. The van der Waals surface area contributed by atoms with Crippen LogP contribution in [0.15, 0.2) is 57.7 Å². The summed E-state index contributed by atoms with van der Waals surface area (Å²) in [5.74, 6) is 0.149. The number of hydrogen-bond donors (Lipinski definition) is 1.